The number of anilines is 1. The Morgan fingerprint density at radius 2 is 1.70 bits per heavy atom. The van der Waals surface area contributed by atoms with Crippen LogP contribution < -0.4 is 15.6 Å². The first-order valence-electron chi connectivity index (χ1n) is 9.60. The maximum Gasteiger partial charge on any atom is 0.287 e. The van der Waals surface area contributed by atoms with Crippen LogP contribution in [0.2, 0.25) is 5.02 Å². The van der Waals surface area contributed by atoms with Gasteiger partial charge < -0.3 is 19.5 Å². The Balaban J connectivity index is 1.32. The highest BCUT2D eigenvalue weighted by atomic mass is 35.5. The number of para-hydroxylation sites is 1. The molecule has 2 heterocycles. The number of carbonyl (C=O) groups excluding carboxylic acids is 2. The fraction of sp³-hybridized carbons (Fsp3) is 0.227. The van der Waals surface area contributed by atoms with Crippen LogP contribution in [0.4, 0.5) is 5.69 Å². The van der Waals surface area contributed by atoms with Crippen LogP contribution in [0.25, 0.3) is 11.0 Å². The number of rotatable bonds is 4. The molecule has 30 heavy (non-hydrogen) atoms. The van der Waals surface area contributed by atoms with Crippen LogP contribution in [0.5, 0.6) is 0 Å². The average molecular weight is 426 g/mol. The van der Waals surface area contributed by atoms with Crippen LogP contribution in [-0.2, 0) is 4.79 Å². The molecule has 8 heteroatoms. The van der Waals surface area contributed by atoms with Crippen molar-refractivity contribution in [3.05, 3.63) is 75.6 Å². The molecular weight excluding hydrogens is 406 g/mol. The van der Waals surface area contributed by atoms with E-state index in [-0.39, 0.29) is 23.6 Å². The Labute approximate surface area is 177 Å². The van der Waals surface area contributed by atoms with Gasteiger partial charge in [0.05, 0.1) is 11.9 Å². The highest BCUT2D eigenvalue weighted by molar-refractivity contribution is 6.30. The quantitative estimate of drug-likeness (QED) is 0.694. The van der Waals surface area contributed by atoms with E-state index in [1.807, 2.05) is 24.3 Å². The molecule has 0 spiro atoms. The molecule has 2 amide bonds. The number of hydrogen-bond acceptors (Lipinski definition) is 5. The topological polar surface area (TPSA) is 82.9 Å². The number of piperazine rings is 1. The van der Waals surface area contributed by atoms with Gasteiger partial charge in [-0.05, 0) is 36.4 Å². The molecule has 154 valence electrons. The van der Waals surface area contributed by atoms with Crippen LogP contribution in [0, 0.1) is 0 Å². The van der Waals surface area contributed by atoms with Gasteiger partial charge in [0, 0.05) is 43.0 Å². The Morgan fingerprint density at radius 1 is 1.00 bits per heavy atom. The van der Waals surface area contributed by atoms with Gasteiger partial charge in [0.1, 0.15) is 5.58 Å². The number of hydrogen-bond donors (Lipinski definition) is 1. The first kappa shape index (κ1) is 20.0. The Hall–Kier alpha value is -3.32. The summed E-state index contributed by atoms with van der Waals surface area (Å²) in [7, 11) is 0. The second-order valence-corrected chi connectivity index (χ2v) is 7.43. The summed E-state index contributed by atoms with van der Waals surface area (Å²) in [6.45, 7) is 2.35. The molecule has 0 radical (unpaired) electrons. The minimum Gasteiger partial charge on any atom is -0.451 e. The summed E-state index contributed by atoms with van der Waals surface area (Å²) in [5.74, 6) is -0.882. The van der Waals surface area contributed by atoms with Gasteiger partial charge in [0.15, 0.2) is 11.2 Å². The van der Waals surface area contributed by atoms with Gasteiger partial charge in [-0.3, -0.25) is 14.4 Å². The molecule has 3 aromatic rings. The summed E-state index contributed by atoms with van der Waals surface area (Å²) in [4.78, 5) is 40.9. The van der Waals surface area contributed by atoms with E-state index in [1.165, 1.54) is 0 Å². The van der Waals surface area contributed by atoms with Crippen LogP contribution in [-0.4, -0.2) is 49.4 Å². The van der Waals surface area contributed by atoms with E-state index in [0.717, 1.165) is 11.8 Å². The first-order valence-corrected chi connectivity index (χ1v) is 9.98. The predicted molar refractivity (Wildman–Crippen MR) is 115 cm³/mol. The Bertz CT molecular complexity index is 1140. The lowest BCUT2D eigenvalue weighted by Gasteiger charge is -2.36. The van der Waals surface area contributed by atoms with Gasteiger partial charge in [-0.25, -0.2) is 0 Å². The zero-order valence-electron chi connectivity index (χ0n) is 16.1. The molecule has 1 saturated heterocycles. The molecule has 1 aliphatic heterocycles. The number of benzene rings is 2. The van der Waals surface area contributed by atoms with Gasteiger partial charge in [-0.15, -0.1) is 0 Å². The van der Waals surface area contributed by atoms with Crippen molar-refractivity contribution in [2.24, 2.45) is 0 Å². The fourth-order valence-corrected chi connectivity index (χ4v) is 3.56. The van der Waals surface area contributed by atoms with Crippen molar-refractivity contribution in [3.8, 4) is 0 Å². The van der Waals surface area contributed by atoms with E-state index in [4.69, 9.17) is 16.0 Å². The lowest BCUT2D eigenvalue weighted by atomic mass is 10.2. The smallest absolute Gasteiger partial charge is 0.287 e. The summed E-state index contributed by atoms with van der Waals surface area (Å²) < 4.78 is 5.50. The van der Waals surface area contributed by atoms with Crippen LogP contribution in [0.3, 0.4) is 0 Å². The van der Waals surface area contributed by atoms with Crippen molar-refractivity contribution in [1.82, 2.24) is 10.2 Å². The zero-order chi connectivity index (χ0) is 21.1. The molecule has 2 aromatic carbocycles. The standard InChI is InChI=1S/C22H20ClN3O4/c23-15-5-7-16(8-6-15)25-9-11-26(12-10-25)21(28)14-24-22(29)20-13-18(27)17-3-1-2-4-19(17)30-20/h1-8,13H,9-12,14H2,(H,24,29). The number of carbonyl (C=O) groups is 2. The molecule has 7 nitrogen and oxygen atoms in total. The number of nitrogens with one attached hydrogen (secondary N) is 1. The normalized spacial score (nSPS) is 14.0. The fourth-order valence-electron chi connectivity index (χ4n) is 3.44. The van der Waals surface area contributed by atoms with Crippen molar-refractivity contribution >= 4 is 40.1 Å². The van der Waals surface area contributed by atoms with Crippen LogP contribution in [0.15, 0.2) is 63.8 Å². The highest BCUT2D eigenvalue weighted by Gasteiger charge is 2.22. The molecule has 1 fully saturated rings. The van der Waals surface area contributed by atoms with Gasteiger partial charge in [-0.1, -0.05) is 23.7 Å². The predicted octanol–water partition coefficient (Wildman–Crippen LogP) is 2.53. The Kier molecular flexibility index (Phi) is 5.72. The number of halogens is 1. The van der Waals surface area contributed by atoms with Crippen LogP contribution >= 0.6 is 11.6 Å². The number of amides is 2. The van der Waals surface area contributed by atoms with Gasteiger partial charge in [0.2, 0.25) is 5.91 Å². The molecule has 1 N–H and O–H groups in total. The first-order chi connectivity index (χ1) is 14.5. The van der Waals surface area contributed by atoms with Crippen molar-refractivity contribution in [2.75, 3.05) is 37.6 Å². The molecule has 1 aliphatic rings. The molecule has 0 bridgehead atoms. The third kappa shape index (κ3) is 4.31. The monoisotopic (exact) mass is 425 g/mol. The van der Waals surface area contributed by atoms with E-state index in [2.05, 4.69) is 10.2 Å². The third-order valence-corrected chi connectivity index (χ3v) is 5.33. The Morgan fingerprint density at radius 3 is 2.43 bits per heavy atom. The third-order valence-electron chi connectivity index (χ3n) is 5.08. The zero-order valence-corrected chi connectivity index (χ0v) is 16.9. The summed E-state index contributed by atoms with van der Waals surface area (Å²) in [5.41, 5.74) is 1.09. The molecule has 4 rings (SSSR count). The average Bonchev–Trinajstić information content (AvgIpc) is 2.78. The molecule has 1 aromatic heterocycles. The number of fused-ring (bicyclic) bond motifs is 1. The summed E-state index contributed by atoms with van der Waals surface area (Å²) in [5, 5.41) is 3.64. The second kappa shape index (κ2) is 8.59. The largest absolute Gasteiger partial charge is 0.451 e. The molecule has 0 saturated carbocycles. The maximum atomic E-state index is 12.5. The van der Waals surface area contributed by atoms with E-state index < -0.39 is 5.91 Å². The molecule has 0 unspecified atom stereocenters. The minimum absolute atomic E-state index is 0.112. The van der Waals surface area contributed by atoms with Crippen molar-refractivity contribution in [2.45, 2.75) is 0 Å². The summed E-state index contributed by atoms with van der Waals surface area (Å²) in [6, 6.07) is 15.4. The summed E-state index contributed by atoms with van der Waals surface area (Å²) in [6.07, 6.45) is 0. The highest BCUT2D eigenvalue weighted by Crippen LogP contribution is 2.19. The van der Waals surface area contributed by atoms with E-state index in [9.17, 15) is 14.4 Å². The molecular formula is C22H20ClN3O4. The van der Waals surface area contributed by atoms with E-state index in [1.54, 1.807) is 29.2 Å². The number of nitrogens with zero attached hydrogens (tertiary/aromatic N) is 2. The lowest BCUT2D eigenvalue weighted by molar-refractivity contribution is -0.130. The summed E-state index contributed by atoms with van der Waals surface area (Å²) >= 11 is 5.93. The lowest BCUT2D eigenvalue weighted by Crippen LogP contribution is -2.51. The van der Waals surface area contributed by atoms with Gasteiger partial charge in [0.25, 0.3) is 5.91 Å². The molecule has 0 aliphatic carbocycles. The molecule has 0 atom stereocenters. The van der Waals surface area contributed by atoms with Crippen molar-refractivity contribution < 1.29 is 14.0 Å². The SMILES string of the molecule is O=C(NCC(=O)N1CCN(c2ccc(Cl)cc2)CC1)c1cc(=O)c2ccccc2o1. The van der Waals surface area contributed by atoms with E-state index in [0.29, 0.717) is 42.2 Å². The minimum atomic E-state index is -0.592. The van der Waals surface area contributed by atoms with Gasteiger partial charge >= 0.3 is 0 Å². The van der Waals surface area contributed by atoms with E-state index >= 15 is 0 Å². The van der Waals surface area contributed by atoms with Gasteiger partial charge in [-0.2, -0.15) is 0 Å². The van der Waals surface area contributed by atoms with Crippen molar-refractivity contribution in [1.29, 1.82) is 0 Å². The maximum absolute atomic E-state index is 12.5. The second-order valence-electron chi connectivity index (χ2n) is 7.00. The van der Waals surface area contributed by atoms with Crippen LogP contribution in [0.1, 0.15) is 10.6 Å². The van der Waals surface area contributed by atoms with Crippen molar-refractivity contribution in [3.63, 3.8) is 0 Å².